The maximum Gasteiger partial charge on any atom is 0.102 e. The van der Waals surface area contributed by atoms with Crippen LogP contribution in [0.4, 0.5) is 0 Å². The largest absolute Gasteiger partial charge is 0.260 e. The summed E-state index contributed by atoms with van der Waals surface area (Å²) in [6.45, 7) is 1.89. The molecule has 0 saturated carbocycles. The van der Waals surface area contributed by atoms with E-state index in [0.29, 0.717) is 0 Å². The molecule has 2 rings (SSSR count). The quantitative estimate of drug-likeness (QED) is 0.606. The highest BCUT2D eigenvalue weighted by atomic mass is 32.2. The molecule has 1 aromatic rings. The molecule has 3 heteroatoms. The van der Waals surface area contributed by atoms with Crippen molar-refractivity contribution in [3.63, 3.8) is 0 Å². The molecular weight excluding hydrogens is 168 g/mol. The molecular formula is C9H8N2S. The average Bonchev–Trinajstić information content (AvgIpc) is 2.52. The molecule has 1 aliphatic heterocycles. The Morgan fingerprint density at radius 1 is 1.67 bits per heavy atom. The molecule has 0 unspecified atom stereocenters. The summed E-state index contributed by atoms with van der Waals surface area (Å²) in [4.78, 5) is 5.34. The van der Waals surface area contributed by atoms with Crippen molar-refractivity contribution in [2.24, 2.45) is 0 Å². The fourth-order valence-electron chi connectivity index (χ4n) is 1.36. The van der Waals surface area contributed by atoms with Gasteiger partial charge in [-0.15, -0.1) is 11.8 Å². The third-order valence-electron chi connectivity index (χ3n) is 2.02. The Hall–Kier alpha value is -1.01. The Morgan fingerprint density at radius 3 is 3.25 bits per heavy atom. The fraction of sp³-hybridized carbons (Fsp3) is 0.333. The minimum Gasteiger partial charge on any atom is -0.260 e. The van der Waals surface area contributed by atoms with Crippen molar-refractivity contribution < 1.29 is 0 Å². The van der Waals surface area contributed by atoms with Crippen LogP contribution in [0.1, 0.15) is 16.8 Å². The molecule has 1 aliphatic rings. The highest BCUT2D eigenvalue weighted by Gasteiger charge is 2.17. The van der Waals surface area contributed by atoms with Crippen LogP contribution in [0.25, 0.3) is 0 Å². The van der Waals surface area contributed by atoms with Crippen molar-refractivity contribution in [3.8, 4) is 6.07 Å². The molecule has 60 valence electrons. The fourth-order valence-corrected chi connectivity index (χ4v) is 2.56. The number of hydrogen-bond donors (Lipinski definition) is 0. The lowest BCUT2D eigenvalue weighted by molar-refractivity contribution is 1.05. The molecule has 0 aliphatic carbocycles. The lowest BCUT2D eigenvalue weighted by Gasteiger charge is -2.01. The van der Waals surface area contributed by atoms with Crippen LogP contribution in [0.15, 0.2) is 11.1 Å². The van der Waals surface area contributed by atoms with Crippen LogP contribution in [-0.2, 0) is 6.42 Å². The number of hydrogen-bond acceptors (Lipinski definition) is 3. The summed E-state index contributed by atoms with van der Waals surface area (Å²) >= 11 is 1.77. The zero-order valence-electron chi connectivity index (χ0n) is 6.79. The van der Waals surface area contributed by atoms with Gasteiger partial charge < -0.3 is 0 Å². The van der Waals surface area contributed by atoms with Crippen LogP contribution in [0.5, 0.6) is 0 Å². The Balaban J connectivity index is 2.67. The van der Waals surface area contributed by atoms with Gasteiger partial charge in [-0.05, 0) is 18.9 Å². The molecule has 0 saturated heterocycles. The van der Waals surface area contributed by atoms with Gasteiger partial charge >= 0.3 is 0 Å². The summed E-state index contributed by atoms with van der Waals surface area (Å²) in [6, 6.07) is 2.21. The number of fused-ring (bicyclic) bond motifs is 1. The molecule has 2 nitrogen and oxygen atoms in total. The van der Waals surface area contributed by atoms with Crippen molar-refractivity contribution in [2.45, 2.75) is 18.2 Å². The lowest BCUT2D eigenvalue weighted by Crippen LogP contribution is -1.92. The molecule has 0 spiro atoms. The first-order chi connectivity index (χ1) is 5.83. The Bertz CT molecular complexity index is 366. The molecule has 0 radical (unpaired) electrons. The smallest absolute Gasteiger partial charge is 0.102 e. The molecule has 0 bridgehead atoms. The van der Waals surface area contributed by atoms with E-state index in [4.69, 9.17) is 5.26 Å². The summed E-state index contributed by atoms with van der Waals surface area (Å²) in [5.41, 5.74) is 2.86. The van der Waals surface area contributed by atoms with Crippen molar-refractivity contribution in [3.05, 3.63) is 23.0 Å². The predicted octanol–water partition coefficient (Wildman–Crippen LogP) is 1.91. The third-order valence-corrected chi connectivity index (χ3v) is 3.19. The van der Waals surface area contributed by atoms with E-state index >= 15 is 0 Å². The van der Waals surface area contributed by atoms with Gasteiger partial charge in [0.15, 0.2) is 0 Å². The maximum atomic E-state index is 8.88. The summed E-state index contributed by atoms with van der Waals surface area (Å²) < 4.78 is 0. The predicted molar refractivity (Wildman–Crippen MR) is 48.1 cm³/mol. The van der Waals surface area contributed by atoms with E-state index in [1.807, 2.05) is 13.1 Å². The first kappa shape index (κ1) is 7.63. The van der Waals surface area contributed by atoms with Gasteiger partial charge in [0.1, 0.15) is 6.07 Å². The minimum absolute atomic E-state index is 0.773. The molecule has 0 amide bonds. The van der Waals surface area contributed by atoms with Gasteiger partial charge in [-0.1, -0.05) is 0 Å². The van der Waals surface area contributed by atoms with E-state index < -0.39 is 0 Å². The van der Waals surface area contributed by atoms with E-state index in [0.717, 1.165) is 28.3 Å². The zero-order chi connectivity index (χ0) is 8.55. The van der Waals surface area contributed by atoms with Gasteiger partial charge in [0.25, 0.3) is 0 Å². The average molecular weight is 176 g/mol. The van der Waals surface area contributed by atoms with Crippen molar-refractivity contribution in [1.82, 2.24) is 4.98 Å². The maximum absolute atomic E-state index is 8.88. The van der Waals surface area contributed by atoms with Crippen LogP contribution in [0, 0.1) is 18.3 Å². The van der Waals surface area contributed by atoms with Crippen molar-refractivity contribution in [2.75, 3.05) is 5.75 Å². The van der Waals surface area contributed by atoms with Crippen LogP contribution < -0.4 is 0 Å². The summed E-state index contributed by atoms with van der Waals surface area (Å²) in [5.74, 6) is 1.09. The van der Waals surface area contributed by atoms with Crippen molar-refractivity contribution >= 4 is 11.8 Å². The third kappa shape index (κ3) is 0.997. The van der Waals surface area contributed by atoms with Crippen LogP contribution in [-0.4, -0.2) is 10.7 Å². The van der Waals surface area contributed by atoms with E-state index in [1.165, 1.54) is 5.56 Å². The number of pyridine rings is 1. The van der Waals surface area contributed by atoms with Gasteiger partial charge in [-0.2, -0.15) is 5.26 Å². The van der Waals surface area contributed by atoms with Gasteiger partial charge in [-0.25, -0.2) is 0 Å². The van der Waals surface area contributed by atoms with E-state index in [-0.39, 0.29) is 0 Å². The lowest BCUT2D eigenvalue weighted by atomic mass is 10.1. The van der Waals surface area contributed by atoms with Gasteiger partial charge in [-0.3, -0.25) is 4.98 Å². The SMILES string of the molecule is Cc1ncc2c(c1C#N)SCC2. The molecule has 1 aromatic heterocycles. The molecule has 0 N–H and O–H groups in total. The van der Waals surface area contributed by atoms with Crippen LogP contribution in [0.3, 0.4) is 0 Å². The number of aromatic nitrogens is 1. The number of rotatable bonds is 0. The van der Waals surface area contributed by atoms with Gasteiger partial charge in [0, 0.05) is 16.8 Å². The highest BCUT2D eigenvalue weighted by molar-refractivity contribution is 7.99. The Kier molecular flexibility index (Phi) is 1.78. The van der Waals surface area contributed by atoms with Gasteiger partial charge in [0.05, 0.1) is 11.3 Å². The number of nitrogens with zero attached hydrogens (tertiary/aromatic N) is 2. The molecule has 12 heavy (non-hydrogen) atoms. The number of nitriles is 1. The second kappa shape index (κ2) is 2.80. The highest BCUT2D eigenvalue weighted by Crippen LogP contribution is 2.34. The topological polar surface area (TPSA) is 36.7 Å². The van der Waals surface area contributed by atoms with Crippen LogP contribution >= 0.6 is 11.8 Å². The van der Waals surface area contributed by atoms with Gasteiger partial charge in [0.2, 0.25) is 0 Å². The first-order valence-electron chi connectivity index (χ1n) is 3.84. The second-order valence-electron chi connectivity index (χ2n) is 2.78. The minimum atomic E-state index is 0.773. The molecule has 0 aromatic carbocycles. The van der Waals surface area contributed by atoms with E-state index in [2.05, 4.69) is 11.1 Å². The van der Waals surface area contributed by atoms with E-state index in [1.54, 1.807) is 11.8 Å². The molecule has 2 heterocycles. The standard InChI is InChI=1S/C9H8N2S/c1-6-8(4-10)9-7(5-11-6)2-3-12-9/h5H,2-3H2,1H3. The Morgan fingerprint density at radius 2 is 2.50 bits per heavy atom. The number of aryl methyl sites for hydroxylation is 2. The normalized spacial score (nSPS) is 14.0. The summed E-state index contributed by atoms with van der Waals surface area (Å²) in [7, 11) is 0. The first-order valence-corrected chi connectivity index (χ1v) is 4.83. The van der Waals surface area contributed by atoms with E-state index in [9.17, 15) is 0 Å². The molecule has 0 fully saturated rings. The van der Waals surface area contributed by atoms with Crippen molar-refractivity contribution in [1.29, 1.82) is 5.26 Å². The number of thioether (sulfide) groups is 1. The van der Waals surface area contributed by atoms with Crippen LogP contribution in [0.2, 0.25) is 0 Å². The molecule has 0 atom stereocenters. The second-order valence-corrected chi connectivity index (χ2v) is 3.89. The summed E-state index contributed by atoms with van der Waals surface area (Å²) in [6.07, 6.45) is 2.95. The Labute approximate surface area is 75.6 Å². The zero-order valence-corrected chi connectivity index (χ0v) is 7.61. The summed E-state index contributed by atoms with van der Waals surface area (Å²) in [5, 5.41) is 8.88. The monoisotopic (exact) mass is 176 g/mol.